The Hall–Kier alpha value is -4.89. The van der Waals surface area contributed by atoms with Gasteiger partial charge < -0.3 is 0 Å². The molecular weight excluding hydrogens is 843 g/mol. The van der Waals surface area contributed by atoms with Crippen molar-refractivity contribution in [3.05, 3.63) is 152 Å². The maximum atomic E-state index is 15.4. The molecule has 0 radical (unpaired) electrons. The Kier molecular flexibility index (Phi) is 13.3. The van der Waals surface area contributed by atoms with Crippen LogP contribution in [0.25, 0.3) is 0 Å². The zero-order chi connectivity index (χ0) is 43.2. The molecule has 5 aromatic carbocycles. The summed E-state index contributed by atoms with van der Waals surface area (Å²) in [6.07, 6.45) is -7.22. The van der Waals surface area contributed by atoms with Crippen LogP contribution in [0.2, 0.25) is 0 Å². The summed E-state index contributed by atoms with van der Waals surface area (Å²) in [4.78, 5) is 0. The first-order valence-electron chi connectivity index (χ1n) is 15.5. The molecule has 0 atom stereocenters. The van der Waals surface area contributed by atoms with E-state index < -0.39 is 144 Å². The minimum absolute atomic E-state index is 0.611. The van der Waals surface area contributed by atoms with E-state index in [1.807, 2.05) is 0 Å². The van der Waals surface area contributed by atoms with Gasteiger partial charge in [-0.3, -0.25) is 0 Å². The molecule has 306 valence electrons. The van der Waals surface area contributed by atoms with Crippen LogP contribution in [-0.4, -0.2) is 17.7 Å². The second kappa shape index (κ2) is 16.9. The number of benzene rings is 5. The third-order valence-electron chi connectivity index (χ3n) is 8.74. The smallest absolute Gasteiger partial charge is 0.200 e. The molecule has 0 amide bonds. The van der Waals surface area contributed by atoms with Crippen molar-refractivity contribution in [3.63, 3.8) is 0 Å². The van der Waals surface area contributed by atoms with Gasteiger partial charge in [0.15, 0.2) is 69.8 Å². The summed E-state index contributed by atoms with van der Waals surface area (Å²) in [6.45, 7) is 4.57. The van der Waals surface area contributed by atoms with Crippen molar-refractivity contribution in [1.29, 1.82) is 0 Å². The van der Waals surface area contributed by atoms with E-state index in [1.54, 1.807) is 0 Å². The van der Waals surface area contributed by atoms with Crippen molar-refractivity contribution >= 4 is 38.9 Å². The molecule has 0 saturated heterocycles. The maximum absolute atomic E-state index is 15.4. The minimum atomic E-state index is -7.22. The molecule has 0 bridgehead atoms. The summed E-state index contributed by atoms with van der Waals surface area (Å²) in [5.74, 6) is -67.5. The fraction of sp³-hybridized carbons (Fsp3) is 0.143. The number of hydrogen-bond donors (Lipinski definition) is 0. The van der Waals surface area contributed by atoms with E-state index in [4.69, 9.17) is 0 Å². The summed E-state index contributed by atoms with van der Waals surface area (Å²) in [5, 5.41) is 0. The van der Waals surface area contributed by atoms with E-state index in [0.29, 0.717) is 10.9 Å². The first kappa shape index (κ1) is 44.8. The molecule has 5 aromatic rings. The second-order valence-electron chi connectivity index (χ2n) is 11.6. The van der Waals surface area contributed by atoms with Gasteiger partial charge >= 0.3 is 0 Å². The van der Waals surface area contributed by atoms with Gasteiger partial charge in [-0.25, -0.2) is 87.8 Å². The molecular formula is C35H17BF20S. The quantitative estimate of drug-likeness (QED) is 0.0482. The van der Waals surface area contributed by atoms with E-state index in [0.717, 1.165) is 0 Å². The predicted molar refractivity (Wildman–Crippen MR) is 168 cm³/mol. The molecule has 0 fully saturated rings. The third kappa shape index (κ3) is 7.17. The molecule has 0 N–H and O–H groups in total. The van der Waals surface area contributed by atoms with Crippen LogP contribution < -0.4 is 21.9 Å². The highest BCUT2D eigenvalue weighted by atomic mass is 32.2. The largest absolute Gasteiger partial charge is 0.207 e. The molecule has 0 heterocycles. The van der Waals surface area contributed by atoms with Crippen LogP contribution in [0.15, 0.2) is 30.3 Å². The molecule has 0 aliphatic carbocycles. The Morgan fingerprint density at radius 2 is 0.509 bits per heavy atom. The first-order valence-corrected chi connectivity index (χ1v) is 17.2. The van der Waals surface area contributed by atoms with E-state index in [1.165, 1.54) is 22.8 Å². The predicted octanol–water partition coefficient (Wildman–Crippen LogP) is 8.69. The molecule has 0 nitrogen and oxygen atoms in total. The highest BCUT2D eigenvalue weighted by molar-refractivity contribution is 7.96. The normalized spacial score (nSPS) is 11.7. The highest BCUT2D eigenvalue weighted by Crippen LogP contribution is 2.30. The number of hydrogen-bond acceptors (Lipinski definition) is 0. The lowest BCUT2D eigenvalue weighted by molar-refractivity contribution is 0.378. The Bertz CT molecular complexity index is 1980. The summed E-state index contributed by atoms with van der Waals surface area (Å²) in [5.41, 5.74) is -12.8. The van der Waals surface area contributed by atoms with Crippen molar-refractivity contribution in [1.82, 2.24) is 0 Å². The standard InChI is InChI=1S/C24BF20.C11H17S/c26-5-1(6(27)14(35)21(42)13(5)34)25(2-7(28)15(36)22(43)16(37)8(2)29,3-9(30)17(38)23(44)18(39)10(3)31)4-11(32)19(40)24(45)20(41)12(4)33;1-3-12(4-2)10-11-8-6-5-7-9-11/h;5-9H,3-4,10H2,1-2H3/q-1;+1. The lowest BCUT2D eigenvalue weighted by Crippen LogP contribution is -2.81. The van der Waals surface area contributed by atoms with Gasteiger partial charge in [-0.1, -0.05) is 30.3 Å². The van der Waals surface area contributed by atoms with Gasteiger partial charge in [0.1, 0.15) is 69.9 Å². The molecule has 57 heavy (non-hydrogen) atoms. The van der Waals surface area contributed by atoms with Gasteiger partial charge in [0.2, 0.25) is 0 Å². The van der Waals surface area contributed by atoms with Gasteiger partial charge in [-0.15, -0.1) is 21.9 Å². The molecule has 0 saturated carbocycles. The lowest BCUT2D eigenvalue weighted by Gasteiger charge is -2.44. The Morgan fingerprint density at radius 1 is 0.316 bits per heavy atom. The van der Waals surface area contributed by atoms with Crippen molar-refractivity contribution in [2.75, 3.05) is 11.5 Å². The average molecular weight is 860 g/mol. The zero-order valence-electron chi connectivity index (χ0n) is 28.1. The van der Waals surface area contributed by atoms with Crippen molar-refractivity contribution in [2.45, 2.75) is 19.6 Å². The highest BCUT2D eigenvalue weighted by Gasteiger charge is 2.52. The SMILES string of the molecule is CC[S+](CC)Cc1ccccc1.Fc1c(F)c(F)c([B-](c2c(F)c(F)c(F)c(F)c2F)(c2c(F)c(F)c(F)c(F)c2F)c2c(F)c(F)c(F)c(F)c2F)c(F)c1F. The molecule has 0 spiro atoms. The van der Waals surface area contributed by atoms with Crippen LogP contribution >= 0.6 is 0 Å². The van der Waals surface area contributed by atoms with Crippen LogP contribution in [0.3, 0.4) is 0 Å². The Labute approximate surface area is 310 Å². The third-order valence-corrected chi connectivity index (χ3v) is 11.1. The molecule has 22 heteroatoms. The second-order valence-corrected chi connectivity index (χ2v) is 14.3. The summed E-state index contributed by atoms with van der Waals surface area (Å²) >= 11 is 0. The zero-order valence-corrected chi connectivity index (χ0v) is 28.9. The molecule has 0 unspecified atom stereocenters. The average Bonchev–Trinajstić information content (AvgIpc) is 3.20. The van der Waals surface area contributed by atoms with Gasteiger partial charge in [-0.2, -0.15) is 0 Å². The fourth-order valence-corrected chi connectivity index (χ4v) is 7.57. The summed E-state index contributed by atoms with van der Waals surface area (Å²) in [7, 11) is 0.611. The Morgan fingerprint density at radius 3 is 0.702 bits per heavy atom. The number of halogens is 20. The van der Waals surface area contributed by atoms with Gasteiger partial charge in [0, 0.05) is 5.56 Å². The van der Waals surface area contributed by atoms with Crippen LogP contribution in [-0.2, 0) is 16.6 Å². The molecule has 0 aromatic heterocycles. The maximum Gasteiger partial charge on any atom is 0.200 e. The summed E-state index contributed by atoms with van der Waals surface area (Å²) < 4.78 is 294. The van der Waals surface area contributed by atoms with Crippen LogP contribution in [0, 0.1) is 116 Å². The summed E-state index contributed by atoms with van der Waals surface area (Å²) in [6, 6.07) is 10.8. The van der Waals surface area contributed by atoms with Crippen molar-refractivity contribution < 1.29 is 87.8 Å². The van der Waals surface area contributed by atoms with Crippen molar-refractivity contribution in [3.8, 4) is 0 Å². The molecule has 5 rings (SSSR count). The monoisotopic (exact) mass is 860 g/mol. The van der Waals surface area contributed by atoms with Gasteiger partial charge in [0.05, 0.1) is 0 Å². The number of rotatable bonds is 8. The van der Waals surface area contributed by atoms with Gasteiger partial charge in [-0.05, 0) is 24.7 Å². The van der Waals surface area contributed by atoms with Crippen LogP contribution in [0.5, 0.6) is 0 Å². The molecule has 0 aliphatic rings. The van der Waals surface area contributed by atoms with Crippen molar-refractivity contribution in [2.24, 2.45) is 0 Å². The van der Waals surface area contributed by atoms with E-state index in [2.05, 4.69) is 44.2 Å². The minimum Gasteiger partial charge on any atom is -0.207 e. The topological polar surface area (TPSA) is 0 Å². The fourth-order valence-electron chi connectivity index (χ4n) is 6.09. The molecule has 0 aliphatic heterocycles. The van der Waals surface area contributed by atoms with E-state index in [-0.39, 0.29) is 0 Å². The first-order chi connectivity index (χ1) is 26.6. The lowest BCUT2D eigenvalue weighted by atomic mass is 9.12. The van der Waals surface area contributed by atoms with E-state index in [9.17, 15) is 52.7 Å². The Balaban J connectivity index is 0.000000512. The van der Waals surface area contributed by atoms with Gasteiger partial charge in [0.25, 0.3) is 0 Å². The van der Waals surface area contributed by atoms with Crippen LogP contribution in [0.1, 0.15) is 19.4 Å². The van der Waals surface area contributed by atoms with Crippen LogP contribution in [0.4, 0.5) is 87.8 Å². The van der Waals surface area contributed by atoms with E-state index >= 15 is 35.1 Å².